The highest BCUT2D eigenvalue weighted by Gasteiger charge is 2.40. The first-order valence-electron chi connectivity index (χ1n) is 3.74. The normalized spacial score (nSPS) is 34.8. The van der Waals surface area contributed by atoms with Crippen LogP contribution in [0.4, 0.5) is 0 Å². The monoisotopic (exact) mass is 282 g/mol. The van der Waals surface area contributed by atoms with Crippen molar-refractivity contribution in [1.82, 2.24) is 0 Å². The first kappa shape index (κ1) is 9.98. The predicted molar refractivity (Wildman–Crippen MR) is 53.0 cm³/mol. The molecule has 12 heavy (non-hydrogen) atoms. The number of carbonyl (C=O) groups excluding carboxylic acids is 1. The van der Waals surface area contributed by atoms with Gasteiger partial charge in [-0.25, -0.2) is 4.79 Å². The molecule has 0 radical (unpaired) electrons. The summed E-state index contributed by atoms with van der Waals surface area (Å²) >= 11 is 2.09. The SMILES string of the molecule is C=CCOC1C(=O)OC(I)C1C. The van der Waals surface area contributed by atoms with E-state index in [1.807, 2.05) is 6.92 Å². The minimum absolute atomic E-state index is 0.0649. The Hall–Kier alpha value is -0.100. The third kappa shape index (κ3) is 1.98. The highest BCUT2D eigenvalue weighted by atomic mass is 127. The van der Waals surface area contributed by atoms with Crippen LogP contribution in [0, 0.1) is 5.92 Å². The molecule has 3 nitrogen and oxygen atoms in total. The van der Waals surface area contributed by atoms with Gasteiger partial charge in [-0.3, -0.25) is 0 Å². The molecule has 0 aliphatic carbocycles. The second-order valence-electron chi connectivity index (χ2n) is 2.69. The van der Waals surface area contributed by atoms with Crippen LogP contribution in [0.3, 0.4) is 0 Å². The van der Waals surface area contributed by atoms with Crippen molar-refractivity contribution >= 4 is 28.6 Å². The summed E-state index contributed by atoms with van der Waals surface area (Å²) < 4.78 is 10.2. The fraction of sp³-hybridized carbons (Fsp3) is 0.625. The zero-order chi connectivity index (χ0) is 9.14. The minimum Gasteiger partial charge on any atom is -0.449 e. The summed E-state index contributed by atoms with van der Waals surface area (Å²) in [7, 11) is 0. The summed E-state index contributed by atoms with van der Waals surface area (Å²) in [6.45, 7) is 5.85. The maximum atomic E-state index is 11.1. The maximum absolute atomic E-state index is 11.1. The van der Waals surface area contributed by atoms with E-state index >= 15 is 0 Å². The Morgan fingerprint density at radius 1 is 1.83 bits per heavy atom. The summed E-state index contributed by atoms with van der Waals surface area (Å²) in [5.41, 5.74) is 0. The Kier molecular flexibility index (Phi) is 3.52. The minimum atomic E-state index is -0.412. The average Bonchev–Trinajstić information content (AvgIpc) is 2.25. The predicted octanol–water partition coefficient (Wildman–Crippen LogP) is 1.51. The number of hydrogen-bond acceptors (Lipinski definition) is 3. The standard InChI is InChI=1S/C8H11IO3/c1-3-4-11-6-5(2)7(9)12-8(6)10/h3,5-7H,1,4H2,2H3. The number of hydrogen-bond donors (Lipinski definition) is 0. The van der Waals surface area contributed by atoms with Crippen LogP contribution >= 0.6 is 22.6 Å². The van der Waals surface area contributed by atoms with Gasteiger partial charge in [0.15, 0.2) is 10.2 Å². The van der Waals surface area contributed by atoms with Crippen LogP contribution in [0.2, 0.25) is 0 Å². The van der Waals surface area contributed by atoms with Crippen LogP contribution in [0.25, 0.3) is 0 Å². The molecule has 0 aromatic heterocycles. The number of carbonyl (C=O) groups is 1. The Morgan fingerprint density at radius 3 is 2.92 bits per heavy atom. The fourth-order valence-corrected chi connectivity index (χ4v) is 1.66. The lowest BCUT2D eigenvalue weighted by Gasteiger charge is -2.11. The molecule has 1 aliphatic rings. The van der Waals surface area contributed by atoms with Crippen molar-refractivity contribution in [2.75, 3.05) is 6.61 Å². The lowest BCUT2D eigenvalue weighted by atomic mass is 10.1. The third-order valence-electron chi connectivity index (χ3n) is 1.75. The molecule has 3 unspecified atom stereocenters. The molecular weight excluding hydrogens is 271 g/mol. The van der Waals surface area contributed by atoms with Gasteiger partial charge in [-0.15, -0.1) is 6.58 Å². The Labute approximate surface area is 85.2 Å². The lowest BCUT2D eigenvalue weighted by molar-refractivity contribution is -0.147. The fourth-order valence-electron chi connectivity index (χ4n) is 1.03. The van der Waals surface area contributed by atoms with Crippen LogP contribution in [0.1, 0.15) is 6.92 Å². The molecule has 0 bridgehead atoms. The van der Waals surface area contributed by atoms with E-state index in [1.165, 1.54) is 0 Å². The molecule has 0 amide bonds. The van der Waals surface area contributed by atoms with E-state index in [9.17, 15) is 4.79 Å². The zero-order valence-electron chi connectivity index (χ0n) is 6.83. The summed E-state index contributed by atoms with van der Waals surface area (Å²) in [4.78, 5) is 11.1. The first-order chi connectivity index (χ1) is 5.66. The van der Waals surface area contributed by atoms with Gasteiger partial charge in [0.1, 0.15) is 0 Å². The number of halogens is 1. The quantitative estimate of drug-likeness (QED) is 0.341. The van der Waals surface area contributed by atoms with Gasteiger partial charge >= 0.3 is 5.97 Å². The molecule has 1 saturated heterocycles. The lowest BCUT2D eigenvalue weighted by Crippen LogP contribution is -2.25. The van der Waals surface area contributed by atoms with E-state index in [1.54, 1.807) is 6.08 Å². The molecule has 0 N–H and O–H groups in total. The molecule has 68 valence electrons. The number of cyclic esters (lactones) is 1. The molecule has 0 spiro atoms. The number of esters is 1. The number of alkyl halides is 1. The molecule has 0 saturated carbocycles. The molecule has 1 heterocycles. The van der Waals surface area contributed by atoms with E-state index in [0.717, 1.165) is 0 Å². The van der Waals surface area contributed by atoms with Crippen molar-refractivity contribution in [3.63, 3.8) is 0 Å². The van der Waals surface area contributed by atoms with Crippen molar-refractivity contribution in [3.8, 4) is 0 Å². The smallest absolute Gasteiger partial charge is 0.336 e. The number of ether oxygens (including phenoxy) is 2. The van der Waals surface area contributed by atoms with Crippen LogP contribution in [-0.4, -0.2) is 22.8 Å². The average molecular weight is 282 g/mol. The van der Waals surface area contributed by atoms with Crippen molar-refractivity contribution in [3.05, 3.63) is 12.7 Å². The van der Waals surface area contributed by atoms with Gasteiger partial charge in [-0.1, -0.05) is 13.0 Å². The molecule has 0 aromatic rings. The van der Waals surface area contributed by atoms with E-state index in [-0.39, 0.29) is 16.0 Å². The van der Waals surface area contributed by atoms with Crippen molar-refractivity contribution in [1.29, 1.82) is 0 Å². The van der Waals surface area contributed by atoms with E-state index in [0.29, 0.717) is 6.61 Å². The molecule has 1 aliphatic heterocycles. The first-order valence-corrected chi connectivity index (χ1v) is 4.98. The highest BCUT2D eigenvalue weighted by molar-refractivity contribution is 14.1. The van der Waals surface area contributed by atoms with Crippen molar-refractivity contribution in [2.24, 2.45) is 5.92 Å². The van der Waals surface area contributed by atoms with Gasteiger partial charge in [0.2, 0.25) is 0 Å². The van der Waals surface area contributed by atoms with Gasteiger partial charge in [0, 0.05) is 5.92 Å². The topological polar surface area (TPSA) is 35.5 Å². The maximum Gasteiger partial charge on any atom is 0.336 e. The Bertz CT molecular complexity index is 193. The van der Waals surface area contributed by atoms with E-state index < -0.39 is 6.10 Å². The molecular formula is C8H11IO3. The molecule has 1 rings (SSSR count). The van der Waals surface area contributed by atoms with Crippen molar-refractivity contribution < 1.29 is 14.3 Å². The van der Waals surface area contributed by atoms with Gasteiger partial charge in [-0.2, -0.15) is 0 Å². The summed E-state index contributed by atoms with van der Waals surface area (Å²) in [6, 6.07) is 0. The zero-order valence-corrected chi connectivity index (χ0v) is 8.98. The second kappa shape index (κ2) is 4.23. The number of rotatable bonds is 3. The second-order valence-corrected chi connectivity index (χ2v) is 3.92. The largest absolute Gasteiger partial charge is 0.449 e. The third-order valence-corrected chi connectivity index (χ3v) is 3.13. The van der Waals surface area contributed by atoms with Gasteiger partial charge in [0.05, 0.1) is 6.61 Å². The summed E-state index contributed by atoms with van der Waals surface area (Å²) in [6.07, 6.45) is 1.21. The Balaban J connectivity index is 2.51. The van der Waals surface area contributed by atoms with Gasteiger partial charge in [-0.05, 0) is 22.6 Å². The summed E-state index contributed by atoms with van der Waals surface area (Å²) in [5.74, 6) is -0.137. The van der Waals surface area contributed by atoms with Gasteiger partial charge < -0.3 is 9.47 Å². The molecule has 4 heteroatoms. The molecule has 0 aromatic carbocycles. The van der Waals surface area contributed by atoms with Crippen molar-refractivity contribution in [2.45, 2.75) is 17.1 Å². The van der Waals surface area contributed by atoms with Crippen LogP contribution < -0.4 is 0 Å². The molecule has 3 atom stereocenters. The van der Waals surface area contributed by atoms with Crippen LogP contribution in [-0.2, 0) is 14.3 Å². The highest BCUT2D eigenvalue weighted by Crippen LogP contribution is 2.28. The van der Waals surface area contributed by atoms with Crippen LogP contribution in [0.15, 0.2) is 12.7 Å². The van der Waals surface area contributed by atoms with E-state index in [4.69, 9.17) is 9.47 Å². The van der Waals surface area contributed by atoms with Gasteiger partial charge in [0.25, 0.3) is 0 Å². The Morgan fingerprint density at radius 2 is 2.50 bits per heavy atom. The van der Waals surface area contributed by atoms with Crippen LogP contribution in [0.5, 0.6) is 0 Å². The summed E-state index contributed by atoms with van der Waals surface area (Å²) in [5, 5.41) is 0. The molecule has 1 fully saturated rings. The van der Waals surface area contributed by atoms with E-state index in [2.05, 4.69) is 29.2 Å².